The number of nitrogens with one attached hydrogen (secondary N) is 1. The minimum atomic E-state index is -0.232. The van der Waals surface area contributed by atoms with E-state index >= 15 is 0 Å². The number of aromatic nitrogens is 2. The Morgan fingerprint density at radius 2 is 2.33 bits per heavy atom. The van der Waals surface area contributed by atoms with E-state index in [9.17, 15) is 4.79 Å². The van der Waals surface area contributed by atoms with Crippen LogP contribution in [-0.4, -0.2) is 9.97 Å². The molecular formula is C8H6N2O2. The molecule has 0 unspecified atom stereocenters. The number of furan rings is 1. The molecule has 0 saturated carbocycles. The highest BCUT2D eigenvalue weighted by molar-refractivity contribution is 5.49. The highest BCUT2D eigenvalue weighted by atomic mass is 16.3. The molecule has 2 aromatic rings. The Kier molecular flexibility index (Phi) is 1.51. The number of hydrogen-bond donors (Lipinski definition) is 1. The summed E-state index contributed by atoms with van der Waals surface area (Å²) in [6.07, 6.45) is 4.30. The van der Waals surface area contributed by atoms with Crippen LogP contribution in [0.1, 0.15) is 0 Å². The normalized spacial score (nSPS) is 10.0. The van der Waals surface area contributed by atoms with Crippen LogP contribution in [0, 0.1) is 0 Å². The van der Waals surface area contributed by atoms with Crippen molar-refractivity contribution in [2.45, 2.75) is 0 Å². The predicted octanol–water partition coefficient (Wildman–Crippen LogP) is 1.03. The molecule has 1 N–H and O–H groups in total. The first-order valence-electron chi connectivity index (χ1n) is 3.44. The summed E-state index contributed by atoms with van der Waals surface area (Å²) >= 11 is 0. The van der Waals surface area contributed by atoms with Crippen LogP contribution < -0.4 is 5.56 Å². The second-order valence-corrected chi connectivity index (χ2v) is 2.29. The maximum absolute atomic E-state index is 10.8. The van der Waals surface area contributed by atoms with E-state index in [-0.39, 0.29) is 5.56 Å². The van der Waals surface area contributed by atoms with Crippen LogP contribution >= 0.6 is 0 Å². The van der Waals surface area contributed by atoms with Gasteiger partial charge in [-0.1, -0.05) is 0 Å². The molecule has 2 rings (SSSR count). The number of H-pyrrole nitrogens is 1. The summed E-state index contributed by atoms with van der Waals surface area (Å²) in [5, 5.41) is 0. The molecule has 2 heterocycles. The van der Waals surface area contributed by atoms with Crippen LogP contribution in [0.2, 0.25) is 0 Å². The van der Waals surface area contributed by atoms with Crippen molar-refractivity contribution in [3.8, 4) is 11.5 Å². The van der Waals surface area contributed by atoms with Gasteiger partial charge in [-0.15, -0.1) is 0 Å². The Labute approximate surface area is 67.9 Å². The highest BCUT2D eigenvalue weighted by Gasteiger charge is 1.99. The van der Waals surface area contributed by atoms with E-state index in [0.717, 1.165) is 0 Å². The third kappa shape index (κ3) is 1.14. The van der Waals surface area contributed by atoms with Crippen LogP contribution in [0.4, 0.5) is 0 Å². The van der Waals surface area contributed by atoms with E-state index in [1.165, 1.54) is 6.20 Å². The van der Waals surface area contributed by atoms with Crippen molar-refractivity contribution in [2.24, 2.45) is 0 Å². The van der Waals surface area contributed by atoms with Gasteiger partial charge in [0, 0.05) is 0 Å². The molecule has 2 aromatic heterocycles. The monoisotopic (exact) mass is 162 g/mol. The Morgan fingerprint density at radius 1 is 1.42 bits per heavy atom. The van der Waals surface area contributed by atoms with Gasteiger partial charge in [-0.05, 0) is 12.1 Å². The van der Waals surface area contributed by atoms with Crippen LogP contribution in [0.5, 0.6) is 0 Å². The summed E-state index contributed by atoms with van der Waals surface area (Å²) in [5.41, 5.74) is 0.358. The van der Waals surface area contributed by atoms with Gasteiger partial charge >= 0.3 is 0 Å². The zero-order valence-electron chi connectivity index (χ0n) is 6.15. The number of hydrogen-bond acceptors (Lipinski definition) is 3. The van der Waals surface area contributed by atoms with E-state index < -0.39 is 0 Å². The second kappa shape index (κ2) is 2.65. The zero-order valence-corrected chi connectivity index (χ0v) is 6.15. The van der Waals surface area contributed by atoms with E-state index in [1.54, 1.807) is 24.6 Å². The van der Waals surface area contributed by atoms with E-state index in [1.807, 2.05) is 0 Å². The van der Waals surface area contributed by atoms with Gasteiger partial charge in [0.2, 0.25) is 0 Å². The topological polar surface area (TPSA) is 58.9 Å². The summed E-state index contributed by atoms with van der Waals surface area (Å²) < 4.78 is 5.06. The first kappa shape index (κ1) is 6.84. The number of rotatable bonds is 1. The van der Waals surface area contributed by atoms with Crippen molar-refractivity contribution in [2.75, 3.05) is 0 Å². The van der Waals surface area contributed by atoms with Crippen molar-refractivity contribution >= 4 is 0 Å². The second-order valence-electron chi connectivity index (χ2n) is 2.29. The van der Waals surface area contributed by atoms with Gasteiger partial charge in [-0.3, -0.25) is 9.78 Å². The Morgan fingerprint density at radius 3 is 3.00 bits per heavy atom. The molecule has 4 nitrogen and oxygen atoms in total. The third-order valence-electron chi connectivity index (χ3n) is 1.44. The lowest BCUT2D eigenvalue weighted by Crippen LogP contribution is -2.05. The first-order chi connectivity index (χ1) is 5.86. The molecule has 0 aliphatic carbocycles. The third-order valence-corrected chi connectivity index (χ3v) is 1.44. The molecule has 0 aliphatic rings. The molecule has 0 fully saturated rings. The summed E-state index contributed by atoms with van der Waals surface area (Å²) in [6.45, 7) is 0. The van der Waals surface area contributed by atoms with Gasteiger partial charge < -0.3 is 9.40 Å². The molecule has 0 aromatic carbocycles. The van der Waals surface area contributed by atoms with Crippen LogP contribution in [0.3, 0.4) is 0 Å². The summed E-state index contributed by atoms with van der Waals surface area (Å²) in [4.78, 5) is 17.2. The lowest BCUT2D eigenvalue weighted by Gasteiger charge is -1.92. The lowest BCUT2D eigenvalue weighted by molar-refractivity contribution is 0.579. The Balaban J connectivity index is 2.55. The standard InChI is InChI=1S/C8H6N2O2/c11-8-5-9-4-6(10-8)7-2-1-3-12-7/h1-5H,(H,10,11). The largest absolute Gasteiger partial charge is 0.463 e. The molecule has 0 bridgehead atoms. The van der Waals surface area contributed by atoms with Crippen molar-refractivity contribution in [1.82, 2.24) is 9.97 Å². The molecule has 0 atom stereocenters. The minimum Gasteiger partial charge on any atom is -0.463 e. The molecular weight excluding hydrogens is 156 g/mol. The van der Waals surface area contributed by atoms with Gasteiger partial charge in [0.05, 0.1) is 18.7 Å². The van der Waals surface area contributed by atoms with Crippen LogP contribution in [-0.2, 0) is 0 Å². The molecule has 0 radical (unpaired) electrons. The lowest BCUT2D eigenvalue weighted by atomic mass is 10.3. The molecule has 0 saturated heterocycles. The van der Waals surface area contributed by atoms with Gasteiger partial charge in [0.25, 0.3) is 5.56 Å². The number of aromatic amines is 1. The maximum Gasteiger partial charge on any atom is 0.266 e. The van der Waals surface area contributed by atoms with Crippen molar-refractivity contribution in [3.05, 3.63) is 41.1 Å². The predicted molar refractivity (Wildman–Crippen MR) is 42.6 cm³/mol. The van der Waals surface area contributed by atoms with Crippen molar-refractivity contribution in [3.63, 3.8) is 0 Å². The van der Waals surface area contributed by atoms with E-state index in [4.69, 9.17) is 4.42 Å². The highest BCUT2D eigenvalue weighted by Crippen LogP contribution is 2.13. The van der Waals surface area contributed by atoms with Gasteiger partial charge in [0.1, 0.15) is 5.69 Å². The summed E-state index contributed by atoms with van der Waals surface area (Å²) in [5.74, 6) is 0.611. The molecule has 0 aliphatic heterocycles. The van der Waals surface area contributed by atoms with Gasteiger partial charge in [-0.25, -0.2) is 0 Å². The SMILES string of the molecule is O=c1cncc(-c2ccco2)[nH]1. The maximum atomic E-state index is 10.8. The average Bonchev–Trinajstić information content (AvgIpc) is 2.56. The van der Waals surface area contributed by atoms with E-state index in [0.29, 0.717) is 11.5 Å². The van der Waals surface area contributed by atoms with Crippen LogP contribution in [0.15, 0.2) is 40.0 Å². The Hall–Kier alpha value is -1.84. The van der Waals surface area contributed by atoms with E-state index in [2.05, 4.69) is 9.97 Å². The smallest absolute Gasteiger partial charge is 0.266 e. The fourth-order valence-electron chi connectivity index (χ4n) is 0.934. The fraction of sp³-hybridized carbons (Fsp3) is 0. The molecule has 60 valence electrons. The molecule has 0 amide bonds. The Bertz CT molecular complexity index is 417. The van der Waals surface area contributed by atoms with Crippen molar-refractivity contribution in [1.29, 1.82) is 0 Å². The number of nitrogens with zero attached hydrogens (tertiary/aromatic N) is 1. The summed E-state index contributed by atoms with van der Waals surface area (Å²) in [7, 11) is 0. The first-order valence-corrected chi connectivity index (χ1v) is 3.44. The zero-order chi connectivity index (χ0) is 8.39. The molecule has 12 heavy (non-hydrogen) atoms. The fourth-order valence-corrected chi connectivity index (χ4v) is 0.934. The quantitative estimate of drug-likeness (QED) is 0.681. The van der Waals surface area contributed by atoms with Crippen molar-refractivity contribution < 1.29 is 4.42 Å². The van der Waals surface area contributed by atoms with Gasteiger partial charge in [0.15, 0.2) is 5.76 Å². The van der Waals surface area contributed by atoms with Gasteiger partial charge in [-0.2, -0.15) is 0 Å². The van der Waals surface area contributed by atoms with Crippen LogP contribution in [0.25, 0.3) is 11.5 Å². The molecule has 4 heteroatoms. The minimum absolute atomic E-state index is 0.232. The average molecular weight is 162 g/mol. The summed E-state index contributed by atoms with van der Waals surface area (Å²) in [6, 6.07) is 3.51. The molecule has 0 spiro atoms.